The van der Waals surface area contributed by atoms with Crippen LogP contribution in [0.1, 0.15) is 35.5 Å². The first-order chi connectivity index (χ1) is 9.99. The van der Waals surface area contributed by atoms with Crippen molar-refractivity contribution in [3.8, 4) is 0 Å². The normalized spacial score (nSPS) is 12.7. The van der Waals surface area contributed by atoms with E-state index >= 15 is 0 Å². The fourth-order valence-electron chi connectivity index (χ4n) is 2.60. The van der Waals surface area contributed by atoms with Crippen molar-refractivity contribution in [2.75, 3.05) is 7.05 Å². The van der Waals surface area contributed by atoms with Gasteiger partial charge in [0.15, 0.2) is 0 Å². The van der Waals surface area contributed by atoms with Gasteiger partial charge in [0.2, 0.25) is 0 Å². The molecule has 0 aliphatic rings. The van der Waals surface area contributed by atoms with Crippen LogP contribution in [0, 0.1) is 6.92 Å². The van der Waals surface area contributed by atoms with Gasteiger partial charge in [-0.25, -0.2) is 0 Å². The van der Waals surface area contributed by atoms with Crippen molar-refractivity contribution >= 4 is 27.5 Å². The topological polar surface area (TPSA) is 29.9 Å². The molecule has 0 saturated heterocycles. The van der Waals surface area contributed by atoms with Crippen LogP contribution >= 0.6 is 27.5 Å². The zero-order valence-electron chi connectivity index (χ0n) is 12.9. The molecule has 0 amide bonds. The van der Waals surface area contributed by atoms with Crippen LogP contribution in [0.15, 0.2) is 22.7 Å². The summed E-state index contributed by atoms with van der Waals surface area (Å²) in [5.74, 6) is 0. The molecule has 0 saturated carbocycles. The van der Waals surface area contributed by atoms with Crippen LogP contribution in [0.4, 0.5) is 0 Å². The summed E-state index contributed by atoms with van der Waals surface area (Å²) in [7, 11) is 3.98. The second kappa shape index (κ2) is 6.95. The molecule has 0 bridgehead atoms. The molecule has 2 aromatic rings. The number of rotatable bonds is 5. The first kappa shape index (κ1) is 16.5. The summed E-state index contributed by atoms with van der Waals surface area (Å²) in [5.41, 5.74) is 4.67. The van der Waals surface area contributed by atoms with E-state index in [1.807, 2.05) is 30.9 Å². The molecule has 1 heterocycles. The van der Waals surface area contributed by atoms with Crippen LogP contribution in [0.5, 0.6) is 0 Å². The van der Waals surface area contributed by atoms with Gasteiger partial charge in [-0.3, -0.25) is 4.68 Å². The smallest absolute Gasteiger partial charge is 0.0766 e. The number of nitrogens with zero attached hydrogens (tertiary/aromatic N) is 2. The Hall–Kier alpha value is -0.840. The van der Waals surface area contributed by atoms with Crippen LogP contribution < -0.4 is 5.32 Å². The van der Waals surface area contributed by atoms with Crippen LogP contribution in [-0.2, 0) is 19.9 Å². The van der Waals surface area contributed by atoms with Crippen LogP contribution in [0.3, 0.4) is 0 Å². The van der Waals surface area contributed by atoms with Gasteiger partial charge in [0.25, 0.3) is 0 Å². The largest absolute Gasteiger partial charge is 0.313 e. The summed E-state index contributed by atoms with van der Waals surface area (Å²) < 4.78 is 3.08. The molecule has 1 aromatic carbocycles. The number of benzene rings is 1. The molecule has 21 heavy (non-hydrogen) atoms. The van der Waals surface area contributed by atoms with Crippen molar-refractivity contribution in [3.05, 3.63) is 50.2 Å². The number of likely N-dealkylation sites (N-methyl/N-ethyl adjacent to an activating group) is 1. The van der Waals surface area contributed by atoms with E-state index < -0.39 is 0 Å². The molecule has 2 rings (SSSR count). The van der Waals surface area contributed by atoms with E-state index in [0.717, 1.165) is 33.6 Å². The third kappa shape index (κ3) is 3.33. The van der Waals surface area contributed by atoms with E-state index in [1.54, 1.807) is 0 Å². The Bertz CT molecular complexity index is 637. The van der Waals surface area contributed by atoms with Gasteiger partial charge in [0.05, 0.1) is 15.9 Å². The predicted octanol–water partition coefficient (Wildman–Crippen LogP) is 4.21. The Balaban J connectivity index is 2.36. The maximum atomic E-state index is 6.25. The van der Waals surface area contributed by atoms with Crippen LogP contribution in [0.25, 0.3) is 0 Å². The fourth-order valence-corrected chi connectivity index (χ4v) is 3.56. The molecule has 1 N–H and O–H groups in total. The lowest BCUT2D eigenvalue weighted by atomic mass is 9.97. The number of hydrogen-bond donors (Lipinski definition) is 1. The maximum Gasteiger partial charge on any atom is 0.0766 e. The van der Waals surface area contributed by atoms with Crippen molar-refractivity contribution in [3.63, 3.8) is 0 Å². The highest BCUT2D eigenvalue weighted by molar-refractivity contribution is 9.10. The molecule has 5 heteroatoms. The molecule has 0 fully saturated rings. The second-order valence-corrected chi connectivity index (χ2v) is 6.38. The summed E-state index contributed by atoms with van der Waals surface area (Å²) in [4.78, 5) is 0. The molecule has 3 nitrogen and oxygen atoms in total. The van der Waals surface area contributed by atoms with Gasteiger partial charge in [0.1, 0.15) is 0 Å². The minimum absolute atomic E-state index is 0.208. The molecule has 1 aromatic heterocycles. The lowest BCUT2D eigenvalue weighted by Crippen LogP contribution is -2.21. The van der Waals surface area contributed by atoms with E-state index in [0.29, 0.717) is 0 Å². The van der Waals surface area contributed by atoms with E-state index in [9.17, 15) is 0 Å². The molecule has 1 unspecified atom stereocenters. The SMILES string of the molecule is CCc1nn(C)c(CC(NC)c2cccc(Cl)c2C)c1Br. The number of hydrogen-bond acceptors (Lipinski definition) is 2. The maximum absolute atomic E-state index is 6.25. The van der Waals surface area contributed by atoms with Crippen molar-refractivity contribution in [2.45, 2.75) is 32.7 Å². The van der Waals surface area contributed by atoms with Gasteiger partial charge >= 0.3 is 0 Å². The lowest BCUT2D eigenvalue weighted by molar-refractivity contribution is 0.557. The Kier molecular flexibility index (Phi) is 5.47. The Labute approximate surface area is 139 Å². The average molecular weight is 371 g/mol. The van der Waals surface area contributed by atoms with E-state index in [-0.39, 0.29) is 6.04 Å². The van der Waals surface area contributed by atoms with Crippen molar-refractivity contribution < 1.29 is 0 Å². The summed E-state index contributed by atoms with van der Waals surface area (Å²) in [6.07, 6.45) is 1.79. The standard InChI is InChI=1S/C16H21BrClN3/c1-5-13-16(17)15(21(4)20-13)9-14(19-3)11-7-6-8-12(18)10(11)2/h6-8,14,19H,5,9H2,1-4H3. The molecule has 1 atom stereocenters. The van der Waals surface area contributed by atoms with Crippen LogP contribution in [0.2, 0.25) is 5.02 Å². The van der Waals surface area contributed by atoms with Gasteiger partial charge < -0.3 is 5.32 Å². The molecular formula is C16H21BrClN3. The lowest BCUT2D eigenvalue weighted by Gasteiger charge is -2.20. The zero-order valence-corrected chi connectivity index (χ0v) is 15.2. The van der Waals surface area contributed by atoms with Crippen molar-refractivity contribution in [1.29, 1.82) is 0 Å². The fraction of sp³-hybridized carbons (Fsp3) is 0.438. The summed E-state index contributed by atoms with van der Waals surface area (Å²) in [6, 6.07) is 6.28. The second-order valence-electron chi connectivity index (χ2n) is 5.18. The average Bonchev–Trinajstić information content (AvgIpc) is 2.74. The molecule has 0 aliphatic heterocycles. The molecular weight excluding hydrogens is 350 g/mol. The highest BCUT2D eigenvalue weighted by atomic mass is 79.9. The Morgan fingerprint density at radius 1 is 1.43 bits per heavy atom. The molecule has 114 valence electrons. The summed E-state index contributed by atoms with van der Waals surface area (Å²) >= 11 is 9.94. The van der Waals surface area contributed by atoms with Crippen molar-refractivity contribution in [2.24, 2.45) is 7.05 Å². The highest BCUT2D eigenvalue weighted by Crippen LogP contribution is 2.30. The first-order valence-electron chi connectivity index (χ1n) is 7.12. The monoisotopic (exact) mass is 369 g/mol. The van der Waals surface area contributed by atoms with E-state index in [1.165, 1.54) is 11.3 Å². The minimum Gasteiger partial charge on any atom is -0.313 e. The van der Waals surface area contributed by atoms with E-state index in [4.69, 9.17) is 11.6 Å². The number of nitrogens with one attached hydrogen (secondary N) is 1. The highest BCUT2D eigenvalue weighted by Gasteiger charge is 2.19. The molecule has 0 radical (unpaired) electrons. The number of aryl methyl sites for hydroxylation is 2. The minimum atomic E-state index is 0.208. The predicted molar refractivity (Wildman–Crippen MR) is 92.0 cm³/mol. The Morgan fingerprint density at radius 3 is 2.71 bits per heavy atom. The zero-order chi connectivity index (χ0) is 15.6. The van der Waals surface area contributed by atoms with Crippen molar-refractivity contribution in [1.82, 2.24) is 15.1 Å². The first-order valence-corrected chi connectivity index (χ1v) is 8.29. The van der Waals surface area contributed by atoms with Gasteiger partial charge in [-0.2, -0.15) is 5.10 Å². The summed E-state index contributed by atoms with van der Waals surface area (Å²) in [6.45, 7) is 4.19. The van der Waals surface area contributed by atoms with Crippen LogP contribution in [-0.4, -0.2) is 16.8 Å². The number of halogens is 2. The third-order valence-electron chi connectivity index (χ3n) is 3.93. The summed E-state index contributed by atoms with van der Waals surface area (Å²) in [5, 5.41) is 8.77. The molecule has 0 aliphatic carbocycles. The number of aromatic nitrogens is 2. The van der Waals surface area contributed by atoms with Gasteiger partial charge in [-0.15, -0.1) is 0 Å². The van der Waals surface area contributed by atoms with Gasteiger partial charge in [0, 0.05) is 24.5 Å². The van der Waals surface area contributed by atoms with E-state index in [2.05, 4.69) is 46.3 Å². The Morgan fingerprint density at radius 2 is 2.14 bits per heavy atom. The third-order valence-corrected chi connectivity index (χ3v) is 5.26. The quantitative estimate of drug-likeness (QED) is 0.854. The molecule has 0 spiro atoms. The van der Waals surface area contributed by atoms with Gasteiger partial charge in [-0.1, -0.05) is 30.7 Å². The van der Waals surface area contributed by atoms with Gasteiger partial charge in [-0.05, 0) is 53.5 Å².